The summed E-state index contributed by atoms with van der Waals surface area (Å²) < 4.78 is 51.6. The number of morpholine rings is 1. The highest BCUT2D eigenvalue weighted by Crippen LogP contribution is 2.33. The maximum Gasteiger partial charge on any atom is 0.434 e. The zero-order chi connectivity index (χ0) is 21.6. The summed E-state index contributed by atoms with van der Waals surface area (Å²) in [5.41, 5.74) is -1.76. The van der Waals surface area contributed by atoms with Crippen molar-refractivity contribution in [3.05, 3.63) is 29.6 Å². The Labute approximate surface area is 171 Å². The van der Waals surface area contributed by atoms with E-state index in [9.17, 15) is 18.0 Å². The third-order valence-corrected chi connectivity index (χ3v) is 4.62. The van der Waals surface area contributed by atoms with Crippen LogP contribution in [0, 0.1) is 0 Å². The van der Waals surface area contributed by atoms with Crippen molar-refractivity contribution in [2.24, 2.45) is 0 Å². The van der Waals surface area contributed by atoms with Crippen LogP contribution in [0.15, 0.2) is 18.3 Å². The Morgan fingerprint density at radius 1 is 1.23 bits per heavy atom. The Kier molecular flexibility index (Phi) is 7.21. The standard InChI is InChI=1S/C18H23F3N6O3/c1-29-15-5-4-14(24-25-15)27-16(18(19,20)21)13(12-23-27)17(28)22-6-2-3-7-26-8-10-30-11-9-26/h4-5,12H,2-3,6-11H2,1H3,(H,22,28). The second-order valence-electron chi connectivity index (χ2n) is 6.67. The van der Waals surface area contributed by atoms with E-state index in [1.54, 1.807) is 0 Å². The van der Waals surface area contributed by atoms with Crippen LogP contribution in [-0.2, 0) is 10.9 Å². The zero-order valence-corrected chi connectivity index (χ0v) is 16.5. The minimum absolute atomic E-state index is 0.148. The monoisotopic (exact) mass is 428 g/mol. The average Bonchev–Trinajstić information content (AvgIpc) is 3.20. The van der Waals surface area contributed by atoms with Crippen LogP contribution in [0.25, 0.3) is 5.82 Å². The molecule has 1 saturated heterocycles. The number of unbranched alkanes of at least 4 members (excludes halogenated alkanes) is 1. The van der Waals surface area contributed by atoms with Gasteiger partial charge >= 0.3 is 6.18 Å². The smallest absolute Gasteiger partial charge is 0.434 e. The largest absolute Gasteiger partial charge is 0.480 e. The minimum Gasteiger partial charge on any atom is -0.480 e. The number of ether oxygens (including phenoxy) is 2. The zero-order valence-electron chi connectivity index (χ0n) is 16.5. The number of nitrogens with zero attached hydrogens (tertiary/aromatic N) is 5. The molecule has 0 radical (unpaired) electrons. The topological polar surface area (TPSA) is 94.4 Å². The highest BCUT2D eigenvalue weighted by Gasteiger charge is 2.40. The van der Waals surface area contributed by atoms with Gasteiger partial charge in [-0.1, -0.05) is 0 Å². The molecule has 2 aromatic heterocycles. The predicted octanol–water partition coefficient (Wildman–Crippen LogP) is 1.53. The Balaban J connectivity index is 1.62. The number of carbonyl (C=O) groups is 1. The van der Waals surface area contributed by atoms with Gasteiger partial charge in [-0.15, -0.1) is 10.2 Å². The van der Waals surface area contributed by atoms with Crippen LogP contribution in [-0.4, -0.2) is 77.3 Å². The maximum atomic E-state index is 13.7. The normalized spacial score (nSPS) is 15.2. The molecular weight excluding hydrogens is 405 g/mol. The van der Waals surface area contributed by atoms with Crippen LogP contribution in [0.4, 0.5) is 13.2 Å². The fourth-order valence-electron chi connectivity index (χ4n) is 3.08. The molecule has 1 N–H and O–H groups in total. The summed E-state index contributed by atoms with van der Waals surface area (Å²) in [4.78, 5) is 14.6. The number of alkyl halides is 3. The Morgan fingerprint density at radius 3 is 2.63 bits per heavy atom. The van der Waals surface area contributed by atoms with Crippen LogP contribution in [0.3, 0.4) is 0 Å². The molecule has 164 valence electrons. The summed E-state index contributed by atoms with van der Waals surface area (Å²) in [5, 5.41) is 13.6. The van der Waals surface area contributed by atoms with Gasteiger partial charge in [0.1, 0.15) is 0 Å². The lowest BCUT2D eigenvalue weighted by Gasteiger charge is -2.26. The third-order valence-electron chi connectivity index (χ3n) is 4.62. The molecule has 0 spiro atoms. The molecular formula is C18H23F3N6O3. The molecule has 1 aliphatic rings. The first kappa shape index (κ1) is 22.0. The van der Waals surface area contributed by atoms with E-state index in [2.05, 4.69) is 25.5 Å². The number of halogens is 3. The quantitative estimate of drug-likeness (QED) is 0.638. The Bertz CT molecular complexity index is 835. The number of nitrogens with one attached hydrogen (secondary N) is 1. The fraction of sp³-hybridized carbons (Fsp3) is 0.556. The molecule has 30 heavy (non-hydrogen) atoms. The van der Waals surface area contributed by atoms with E-state index in [1.165, 1.54) is 19.2 Å². The van der Waals surface area contributed by atoms with Crippen molar-refractivity contribution in [2.45, 2.75) is 19.0 Å². The molecule has 1 aliphatic heterocycles. The van der Waals surface area contributed by atoms with Crippen LogP contribution in [0.2, 0.25) is 0 Å². The van der Waals surface area contributed by atoms with E-state index in [0.717, 1.165) is 32.3 Å². The number of rotatable bonds is 8. The van der Waals surface area contributed by atoms with Gasteiger partial charge in [0.05, 0.1) is 32.1 Å². The lowest BCUT2D eigenvalue weighted by atomic mass is 10.2. The number of hydrogen-bond donors (Lipinski definition) is 1. The van der Waals surface area contributed by atoms with Crippen molar-refractivity contribution >= 4 is 5.91 Å². The molecule has 0 aliphatic carbocycles. The van der Waals surface area contributed by atoms with Crippen LogP contribution in [0.1, 0.15) is 28.9 Å². The van der Waals surface area contributed by atoms with Gasteiger partial charge in [-0.05, 0) is 25.5 Å². The van der Waals surface area contributed by atoms with Gasteiger partial charge in [0.2, 0.25) is 5.88 Å². The molecule has 0 atom stereocenters. The van der Waals surface area contributed by atoms with Crippen LogP contribution < -0.4 is 10.1 Å². The summed E-state index contributed by atoms with van der Waals surface area (Å²) >= 11 is 0. The molecule has 1 amide bonds. The molecule has 12 heteroatoms. The number of amides is 1. The first-order valence-electron chi connectivity index (χ1n) is 9.52. The number of carbonyl (C=O) groups excluding carboxylic acids is 1. The summed E-state index contributed by atoms with van der Waals surface area (Å²) in [5.74, 6) is -0.858. The number of aromatic nitrogens is 4. The molecule has 0 saturated carbocycles. The predicted molar refractivity (Wildman–Crippen MR) is 99.5 cm³/mol. The Morgan fingerprint density at radius 2 is 2.00 bits per heavy atom. The lowest BCUT2D eigenvalue weighted by Crippen LogP contribution is -2.37. The van der Waals surface area contributed by atoms with Crippen LogP contribution in [0.5, 0.6) is 5.88 Å². The van der Waals surface area contributed by atoms with Crippen molar-refractivity contribution in [2.75, 3.05) is 46.5 Å². The molecule has 0 aromatic carbocycles. The highest BCUT2D eigenvalue weighted by molar-refractivity contribution is 5.95. The second-order valence-corrected chi connectivity index (χ2v) is 6.67. The van der Waals surface area contributed by atoms with E-state index in [0.29, 0.717) is 24.3 Å². The highest BCUT2D eigenvalue weighted by atomic mass is 19.4. The van der Waals surface area contributed by atoms with E-state index in [1.807, 2.05) is 0 Å². The van der Waals surface area contributed by atoms with Crippen LogP contribution >= 0.6 is 0 Å². The van der Waals surface area contributed by atoms with Crippen molar-refractivity contribution in [3.8, 4) is 11.7 Å². The van der Waals surface area contributed by atoms with E-state index < -0.39 is 23.3 Å². The SMILES string of the molecule is COc1ccc(-n2ncc(C(=O)NCCCCN3CCOCC3)c2C(F)(F)F)nn1. The summed E-state index contributed by atoms with van der Waals surface area (Å²) in [7, 11) is 1.36. The van der Waals surface area contributed by atoms with Crippen molar-refractivity contribution in [3.63, 3.8) is 0 Å². The summed E-state index contributed by atoms with van der Waals surface area (Å²) in [6.07, 6.45) is -2.44. The van der Waals surface area contributed by atoms with Gasteiger partial charge in [0, 0.05) is 25.7 Å². The molecule has 3 rings (SSSR count). The molecule has 2 aromatic rings. The minimum atomic E-state index is -4.80. The summed E-state index contributed by atoms with van der Waals surface area (Å²) in [6, 6.07) is 2.64. The average molecular weight is 428 g/mol. The van der Waals surface area contributed by atoms with Gasteiger partial charge in [-0.2, -0.15) is 18.3 Å². The van der Waals surface area contributed by atoms with E-state index in [-0.39, 0.29) is 18.2 Å². The number of methoxy groups -OCH3 is 1. The maximum absolute atomic E-state index is 13.7. The molecule has 0 bridgehead atoms. The molecule has 9 nitrogen and oxygen atoms in total. The van der Waals surface area contributed by atoms with Gasteiger partial charge in [0.25, 0.3) is 5.91 Å². The molecule has 3 heterocycles. The van der Waals surface area contributed by atoms with Gasteiger partial charge in [-0.25, -0.2) is 4.68 Å². The van der Waals surface area contributed by atoms with Gasteiger partial charge < -0.3 is 14.8 Å². The fourth-order valence-corrected chi connectivity index (χ4v) is 3.08. The van der Waals surface area contributed by atoms with E-state index >= 15 is 0 Å². The Hall–Kier alpha value is -2.73. The second kappa shape index (κ2) is 9.85. The van der Waals surface area contributed by atoms with Gasteiger partial charge in [0.15, 0.2) is 11.5 Å². The molecule has 0 unspecified atom stereocenters. The van der Waals surface area contributed by atoms with Crippen molar-refractivity contribution in [1.29, 1.82) is 0 Å². The number of hydrogen-bond acceptors (Lipinski definition) is 7. The summed E-state index contributed by atoms with van der Waals surface area (Å²) in [6.45, 7) is 4.29. The van der Waals surface area contributed by atoms with E-state index in [4.69, 9.17) is 9.47 Å². The van der Waals surface area contributed by atoms with Crippen molar-refractivity contribution < 1.29 is 27.4 Å². The first-order valence-corrected chi connectivity index (χ1v) is 9.52. The molecule has 1 fully saturated rings. The van der Waals surface area contributed by atoms with Crippen molar-refractivity contribution in [1.82, 2.24) is 30.2 Å². The van der Waals surface area contributed by atoms with Gasteiger partial charge in [-0.3, -0.25) is 9.69 Å². The lowest BCUT2D eigenvalue weighted by molar-refractivity contribution is -0.143. The third kappa shape index (κ3) is 5.45. The first-order chi connectivity index (χ1) is 14.4.